The fraction of sp³-hybridized carbons (Fsp3) is 0.692. The van der Waals surface area contributed by atoms with E-state index in [1.807, 2.05) is 44.2 Å². The van der Waals surface area contributed by atoms with E-state index >= 15 is 0 Å². The molecule has 8 atom stereocenters. The van der Waals surface area contributed by atoms with Crippen LogP contribution in [-0.2, 0) is 49.4 Å². The summed E-state index contributed by atoms with van der Waals surface area (Å²) < 4.78 is 17.9. The Bertz CT molecular complexity index is 1350. The van der Waals surface area contributed by atoms with Crippen molar-refractivity contribution in [2.24, 2.45) is 29.6 Å². The minimum Gasteiger partial charge on any atom is -0.450 e. The Labute approximate surface area is 304 Å². The molecule has 1 aliphatic rings. The zero-order valence-electron chi connectivity index (χ0n) is 32.9. The molecule has 0 radical (unpaired) electrons. The van der Waals surface area contributed by atoms with Crippen molar-refractivity contribution in [1.82, 2.24) is 14.7 Å². The number of benzene rings is 1. The van der Waals surface area contributed by atoms with E-state index in [1.165, 1.54) is 35.8 Å². The summed E-state index contributed by atoms with van der Waals surface area (Å²) in [5.41, 5.74) is 0.736. The summed E-state index contributed by atoms with van der Waals surface area (Å²) in [6.45, 7) is 17.7. The van der Waals surface area contributed by atoms with Crippen LogP contribution in [0.5, 0.6) is 0 Å². The maximum Gasteiger partial charge on any atom is 0.329 e. The van der Waals surface area contributed by atoms with E-state index in [2.05, 4.69) is 0 Å². The molecule has 1 fully saturated rings. The summed E-state index contributed by atoms with van der Waals surface area (Å²) in [5, 5.41) is 0. The normalized spacial score (nSPS) is 26.5. The molecule has 286 valence electrons. The summed E-state index contributed by atoms with van der Waals surface area (Å²) in [4.78, 5) is 88.5. The number of esters is 3. The van der Waals surface area contributed by atoms with Gasteiger partial charge in [0.15, 0.2) is 18.3 Å². The molecule has 0 unspecified atom stereocenters. The molecule has 0 bridgehead atoms. The molecule has 0 aliphatic carbocycles. The highest BCUT2D eigenvalue weighted by Gasteiger charge is 2.45. The molecule has 12 heteroatoms. The molecule has 1 aliphatic heterocycles. The Hall–Kier alpha value is -3.96. The second kappa shape index (κ2) is 19.0. The number of carbonyl (C=O) groups excluding carboxylic acids is 6. The number of rotatable bonds is 9. The Morgan fingerprint density at radius 2 is 0.863 bits per heavy atom. The number of hydrogen-bond donors (Lipinski definition) is 0. The first-order chi connectivity index (χ1) is 23.8. The molecule has 1 heterocycles. The molecular weight excluding hydrogens is 654 g/mol. The van der Waals surface area contributed by atoms with E-state index in [1.54, 1.807) is 55.4 Å². The van der Waals surface area contributed by atoms with Gasteiger partial charge in [-0.25, -0.2) is 14.4 Å². The minimum absolute atomic E-state index is 0.0562. The van der Waals surface area contributed by atoms with Crippen LogP contribution in [0.15, 0.2) is 30.3 Å². The maximum absolute atomic E-state index is 14.3. The van der Waals surface area contributed by atoms with Crippen LogP contribution in [0.25, 0.3) is 0 Å². The summed E-state index contributed by atoms with van der Waals surface area (Å²) in [5.74, 6) is -6.58. The van der Waals surface area contributed by atoms with Crippen molar-refractivity contribution in [3.63, 3.8) is 0 Å². The number of ether oxygens (including phenoxy) is 3. The maximum atomic E-state index is 14.3. The number of carbonyl (C=O) groups is 6. The molecule has 12 nitrogen and oxygen atoms in total. The Kier molecular flexibility index (Phi) is 16.1. The molecule has 0 N–H and O–H groups in total. The van der Waals surface area contributed by atoms with Gasteiger partial charge >= 0.3 is 17.9 Å². The van der Waals surface area contributed by atoms with Gasteiger partial charge in [-0.15, -0.1) is 0 Å². The quantitative estimate of drug-likeness (QED) is 0.267. The number of amides is 3. The van der Waals surface area contributed by atoms with Crippen molar-refractivity contribution in [3.05, 3.63) is 35.9 Å². The zero-order chi connectivity index (χ0) is 38.9. The Balaban J connectivity index is 2.85. The van der Waals surface area contributed by atoms with Gasteiger partial charge in [-0.3, -0.25) is 14.4 Å². The summed E-state index contributed by atoms with van der Waals surface area (Å²) in [6, 6.07) is 5.63. The van der Waals surface area contributed by atoms with Crippen molar-refractivity contribution in [2.45, 2.75) is 125 Å². The highest BCUT2D eigenvalue weighted by atomic mass is 16.6. The van der Waals surface area contributed by atoms with Crippen molar-refractivity contribution in [2.75, 3.05) is 21.1 Å². The van der Waals surface area contributed by atoms with Crippen molar-refractivity contribution in [3.8, 4) is 0 Å². The molecule has 2 rings (SSSR count). The first kappa shape index (κ1) is 43.2. The van der Waals surface area contributed by atoms with Crippen LogP contribution in [0.2, 0.25) is 0 Å². The lowest BCUT2D eigenvalue weighted by Gasteiger charge is -2.38. The molecule has 0 aromatic heterocycles. The second-order valence-corrected chi connectivity index (χ2v) is 15.0. The van der Waals surface area contributed by atoms with Crippen LogP contribution in [0.3, 0.4) is 0 Å². The van der Waals surface area contributed by atoms with Crippen LogP contribution < -0.4 is 0 Å². The number of cyclic esters (lactones) is 3. The lowest BCUT2D eigenvalue weighted by Crippen LogP contribution is -2.57. The van der Waals surface area contributed by atoms with Crippen LogP contribution in [0, 0.1) is 29.6 Å². The van der Waals surface area contributed by atoms with Gasteiger partial charge in [-0.1, -0.05) is 112 Å². The average Bonchev–Trinajstić information content (AvgIpc) is 3.08. The monoisotopic (exact) mass is 715 g/mol. The van der Waals surface area contributed by atoms with Gasteiger partial charge in [0.2, 0.25) is 0 Å². The van der Waals surface area contributed by atoms with E-state index in [0.717, 1.165) is 5.56 Å². The van der Waals surface area contributed by atoms with Gasteiger partial charge in [0.05, 0.1) is 0 Å². The standard InChI is InChI=1S/C39H61N3O9/c1-14-25(9)29-38(47)50-31(22(3)4)34(43)40(11)28(21-27-19-17-16-18-20-27)37(46)49-32(23(5)6)35(44)41(12)30(26(10)15-2)39(48)51-33(24(7)8)36(45)42(29)13/h16-20,22-26,28-33H,14-15,21H2,1-13H3/t25-,26-,28-,29-,30-,31+,32+,33+/m0/s1. The molecule has 51 heavy (non-hydrogen) atoms. The topological polar surface area (TPSA) is 140 Å². The third-order valence-corrected chi connectivity index (χ3v) is 10.0. The fourth-order valence-electron chi connectivity index (χ4n) is 6.24. The van der Waals surface area contributed by atoms with Crippen molar-refractivity contribution < 1.29 is 43.0 Å². The molecule has 1 saturated heterocycles. The molecule has 3 amide bonds. The molecule has 0 saturated carbocycles. The van der Waals surface area contributed by atoms with Crippen LogP contribution in [0.4, 0.5) is 0 Å². The second-order valence-electron chi connectivity index (χ2n) is 15.0. The summed E-state index contributed by atoms with van der Waals surface area (Å²) in [6.07, 6.45) is -2.87. The van der Waals surface area contributed by atoms with E-state index in [4.69, 9.17) is 14.2 Å². The smallest absolute Gasteiger partial charge is 0.329 e. The fourth-order valence-corrected chi connectivity index (χ4v) is 6.24. The first-order valence-electron chi connectivity index (χ1n) is 18.3. The van der Waals surface area contributed by atoms with Gasteiger partial charge in [0, 0.05) is 27.6 Å². The van der Waals surface area contributed by atoms with Gasteiger partial charge in [0.25, 0.3) is 17.7 Å². The predicted octanol–water partition coefficient (Wildman–Crippen LogP) is 4.52. The summed E-state index contributed by atoms with van der Waals surface area (Å²) >= 11 is 0. The van der Waals surface area contributed by atoms with E-state index in [-0.39, 0.29) is 6.42 Å². The lowest BCUT2D eigenvalue weighted by molar-refractivity contribution is -0.181. The largest absolute Gasteiger partial charge is 0.450 e. The van der Waals surface area contributed by atoms with Crippen LogP contribution in [0.1, 0.15) is 87.6 Å². The Morgan fingerprint density at radius 3 is 1.20 bits per heavy atom. The predicted molar refractivity (Wildman–Crippen MR) is 193 cm³/mol. The third-order valence-electron chi connectivity index (χ3n) is 10.0. The minimum atomic E-state index is -1.31. The summed E-state index contributed by atoms with van der Waals surface area (Å²) in [7, 11) is 4.36. The number of nitrogens with zero attached hydrogens (tertiary/aromatic N) is 3. The van der Waals surface area contributed by atoms with Gasteiger partial charge < -0.3 is 28.9 Å². The number of hydrogen-bond acceptors (Lipinski definition) is 9. The first-order valence-corrected chi connectivity index (χ1v) is 18.3. The van der Waals surface area contributed by atoms with Gasteiger partial charge in [0.1, 0.15) is 18.1 Å². The third kappa shape index (κ3) is 10.5. The number of likely N-dealkylation sites (N-methyl/N-ethyl adjacent to an activating group) is 3. The highest BCUT2D eigenvalue weighted by molar-refractivity contribution is 5.94. The van der Waals surface area contributed by atoms with Crippen molar-refractivity contribution >= 4 is 35.6 Å². The van der Waals surface area contributed by atoms with E-state index in [0.29, 0.717) is 12.8 Å². The lowest BCUT2D eigenvalue weighted by atomic mass is 9.95. The van der Waals surface area contributed by atoms with E-state index in [9.17, 15) is 28.8 Å². The Morgan fingerprint density at radius 1 is 0.529 bits per heavy atom. The SMILES string of the molecule is CC[C@H](C)[C@H]1C(=O)O[C@H](C(C)C)C(=O)N(C)[C@@H](Cc2ccccc2)C(=O)O[C@H](C(C)C)C(=O)N(C)[C@@H]([C@@H](C)CC)C(=O)O[C@H](C(C)C)C(=O)N1C. The van der Waals surface area contributed by atoms with Crippen LogP contribution >= 0.6 is 0 Å². The van der Waals surface area contributed by atoms with Crippen molar-refractivity contribution in [1.29, 1.82) is 0 Å². The van der Waals surface area contributed by atoms with Gasteiger partial charge in [-0.05, 0) is 35.2 Å². The zero-order valence-corrected chi connectivity index (χ0v) is 32.9. The van der Waals surface area contributed by atoms with E-state index < -0.39 is 102 Å². The highest BCUT2D eigenvalue weighted by Crippen LogP contribution is 2.26. The average molecular weight is 716 g/mol. The molecule has 1 aromatic rings. The van der Waals surface area contributed by atoms with Gasteiger partial charge in [-0.2, -0.15) is 0 Å². The molecule has 0 spiro atoms. The molecule has 1 aromatic carbocycles. The molecular formula is C39H61N3O9. The van der Waals surface area contributed by atoms with Crippen LogP contribution in [-0.4, -0.2) is 108 Å².